The number of aromatic nitrogens is 1. The number of carbonyl (C=O) groups excluding carboxylic acids is 3. The molecule has 3 aromatic rings. The summed E-state index contributed by atoms with van der Waals surface area (Å²) >= 11 is 0. The Hall–Kier alpha value is -3.61. The monoisotopic (exact) mass is 421 g/mol. The first-order valence-electron chi connectivity index (χ1n) is 10.4. The topological polar surface area (TPSA) is 114 Å². The average Bonchev–Trinajstić information content (AvgIpc) is 3.18. The number of hydrogen-bond donors (Lipinski definition) is 3. The van der Waals surface area contributed by atoms with Crippen LogP contribution in [0.4, 0.5) is 4.79 Å². The maximum atomic E-state index is 12.9. The highest BCUT2D eigenvalue weighted by Gasteiger charge is 2.23. The Bertz CT molecular complexity index is 1030. The lowest BCUT2D eigenvalue weighted by Gasteiger charge is -2.17. The summed E-state index contributed by atoms with van der Waals surface area (Å²) in [6.07, 6.45) is 3.13. The van der Waals surface area contributed by atoms with Gasteiger partial charge in [-0.3, -0.25) is 9.59 Å². The zero-order valence-corrected chi connectivity index (χ0v) is 17.3. The van der Waals surface area contributed by atoms with Crippen molar-refractivity contribution in [3.05, 3.63) is 71.9 Å². The number of carbonyl (C=O) groups is 3. The highest BCUT2D eigenvalue weighted by molar-refractivity contribution is 5.89. The van der Waals surface area contributed by atoms with Crippen LogP contribution in [0.25, 0.3) is 10.9 Å². The van der Waals surface area contributed by atoms with Gasteiger partial charge in [0.1, 0.15) is 6.61 Å². The van der Waals surface area contributed by atoms with E-state index < -0.39 is 12.1 Å². The quantitative estimate of drug-likeness (QED) is 0.410. The van der Waals surface area contributed by atoms with E-state index in [9.17, 15) is 14.4 Å². The number of nitrogens with two attached hydrogens (primary N) is 1. The van der Waals surface area contributed by atoms with Gasteiger partial charge < -0.3 is 20.8 Å². The molecule has 1 aromatic heterocycles. The number of fused-ring (bicyclic) bond motifs is 1. The van der Waals surface area contributed by atoms with E-state index in [0.29, 0.717) is 19.3 Å². The Labute approximate surface area is 181 Å². The van der Waals surface area contributed by atoms with Crippen LogP contribution in [0.5, 0.6) is 0 Å². The zero-order valence-electron chi connectivity index (χ0n) is 17.3. The third kappa shape index (κ3) is 6.70. The van der Waals surface area contributed by atoms with Crippen LogP contribution in [-0.2, 0) is 27.4 Å². The summed E-state index contributed by atoms with van der Waals surface area (Å²) in [5.74, 6) is -0.489. The number of hydrogen-bond acceptors (Lipinski definition) is 4. The number of rotatable bonds is 11. The summed E-state index contributed by atoms with van der Waals surface area (Å²) in [5, 5.41) is 3.73. The summed E-state index contributed by atoms with van der Waals surface area (Å²) in [4.78, 5) is 39.4. The highest BCUT2D eigenvalue weighted by atomic mass is 16.5. The van der Waals surface area contributed by atoms with Crippen molar-refractivity contribution in [1.29, 1.82) is 0 Å². The van der Waals surface area contributed by atoms with Gasteiger partial charge in [0, 0.05) is 36.4 Å². The molecule has 1 heterocycles. The number of amides is 2. The maximum absolute atomic E-state index is 12.9. The fraction of sp³-hybridized carbons (Fsp3) is 0.292. The van der Waals surface area contributed by atoms with E-state index in [-0.39, 0.29) is 31.1 Å². The molecule has 4 N–H and O–H groups in total. The first kappa shape index (κ1) is 22.1. The predicted octanol–water partition coefficient (Wildman–Crippen LogP) is 3.62. The van der Waals surface area contributed by atoms with Gasteiger partial charge >= 0.3 is 6.09 Å². The Morgan fingerprint density at radius 3 is 2.45 bits per heavy atom. The number of ether oxygens (including phenoxy) is 1. The van der Waals surface area contributed by atoms with Crippen LogP contribution in [-0.4, -0.2) is 28.8 Å². The Morgan fingerprint density at radius 2 is 1.68 bits per heavy atom. The molecule has 7 heteroatoms. The molecule has 0 aliphatic carbocycles. The van der Waals surface area contributed by atoms with Gasteiger partial charge in [0.05, 0.1) is 6.04 Å². The molecule has 0 aliphatic rings. The van der Waals surface area contributed by atoms with Crippen LogP contribution in [0.1, 0.15) is 36.8 Å². The van der Waals surface area contributed by atoms with E-state index in [0.717, 1.165) is 22.0 Å². The molecular formula is C24H27N3O4. The van der Waals surface area contributed by atoms with Crippen molar-refractivity contribution in [2.24, 2.45) is 5.73 Å². The molecule has 7 nitrogen and oxygen atoms in total. The van der Waals surface area contributed by atoms with Crippen molar-refractivity contribution in [2.45, 2.75) is 44.8 Å². The normalized spacial score (nSPS) is 11.7. The van der Waals surface area contributed by atoms with Gasteiger partial charge in [-0.1, -0.05) is 48.5 Å². The van der Waals surface area contributed by atoms with E-state index in [2.05, 4.69) is 10.3 Å². The highest BCUT2D eigenvalue weighted by Crippen LogP contribution is 2.20. The lowest BCUT2D eigenvalue weighted by Crippen LogP contribution is -2.42. The summed E-state index contributed by atoms with van der Waals surface area (Å²) in [6.45, 7) is 0.124. The van der Waals surface area contributed by atoms with Crippen molar-refractivity contribution in [2.75, 3.05) is 0 Å². The number of Topliss-reactive ketones (excluding diaryl/α,β-unsaturated/α-hetero) is 1. The largest absolute Gasteiger partial charge is 0.445 e. The van der Waals surface area contributed by atoms with Gasteiger partial charge in [0.2, 0.25) is 5.91 Å². The van der Waals surface area contributed by atoms with Crippen molar-refractivity contribution in [3.63, 3.8) is 0 Å². The second kappa shape index (κ2) is 11.0. The van der Waals surface area contributed by atoms with Gasteiger partial charge in [0.15, 0.2) is 5.78 Å². The van der Waals surface area contributed by atoms with Gasteiger partial charge in [-0.05, 0) is 30.0 Å². The molecule has 2 aromatic carbocycles. The van der Waals surface area contributed by atoms with Crippen LogP contribution in [0.2, 0.25) is 0 Å². The second-order valence-corrected chi connectivity index (χ2v) is 7.46. The van der Waals surface area contributed by atoms with E-state index in [4.69, 9.17) is 10.5 Å². The number of alkyl carbamates (subject to hydrolysis) is 1. The third-order valence-electron chi connectivity index (χ3n) is 5.09. The minimum atomic E-state index is -0.726. The summed E-state index contributed by atoms with van der Waals surface area (Å²) in [7, 11) is 0. The molecule has 0 saturated heterocycles. The van der Waals surface area contributed by atoms with Crippen molar-refractivity contribution in [1.82, 2.24) is 10.3 Å². The number of para-hydroxylation sites is 1. The minimum absolute atomic E-state index is 0.105. The molecule has 2 amide bonds. The molecule has 0 saturated carbocycles. The molecular weight excluding hydrogens is 394 g/mol. The van der Waals surface area contributed by atoms with Crippen LogP contribution in [0, 0.1) is 0 Å². The Morgan fingerprint density at radius 1 is 0.968 bits per heavy atom. The third-order valence-corrected chi connectivity index (χ3v) is 5.09. The first-order valence-corrected chi connectivity index (χ1v) is 10.4. The summed E-state index contributed by atoms with van der Waals surface area (Å²) in [6, 6.07) is 16.4. The summed E-state index contributed by atoms with van der Waals surface area (Å²) < 4.78 is 5.30. The molecule has 3 rings (SSSR count). The fourth-order valence-electron chi connectivity index (χ4n) is 3.45. The molecule has 31 heavy (non-hydrogen) atoms. The van der Waals surface area contributed by atoms with Crippen LogP contribution >= 0.6 is 0 Å². The first-order chi connectivity index (χ1) is 15.0. The minimum Gasteiger partial charge on any atom is -0.445 e. The number of H-pyrrole nitrogens is 1. The van der Waals surface area contributed by atoms with E-state index in [1.165, 1.54) is 0 Å². The zero-order chi connectivity index (χ0) is 22.1. The lowest BCUT2D eigenvalue weighted by atomic mass is 9.98. The van der Waals surface area contributed by atoms with Crippen molar-refractivity contribution >= 4 is 28.7 Å². The smallest absolute Gasteiger partial charge is 0.408 e. The van der Waals surface area contributed by atoms with Crippen LogP contribution in [0.3, 0.4) is 0 Å². The van der Waals surface area contributed by atoms with Gasteiger partial charge in [-0.15, -0.1) is 0 Å². The molecule has 0 radical (unpaired) electrons. The standard InChI is InChI=1S/C24H27N3O4/c25-23(29)13-7-6-12-22(28)21(14-18-15-26-20-11-5-4-10-19(18)20)27-24(30)31-16-17-8-2-1-3-9-17/h1-5,8-11,15,21,26H,6-7,12-14,16H2,(H2,25,29)(H,27,30)/t21-/m0/s1. The Balaban J connectivity index is 1.65. The molecule has 1 atom stereocenters. The van der Waals surface area contributed by atoms with Gasteiger partial charge in [0.25, 0.3) is 0 Å². The second-order valence-electron chi connectivity index (χ2n) is 7.46. The van der Waals surface area contributed by atoms with Crippen molar-refractivity contribution in [3.8, 4) is 0 Å². The molecule has 162 valence electrons. The predicted molar refractivity (Wildman–Crippen MR) is 118 cm³/mol. The molecule has 0 unspecified atom stereocenters. The van der Waals surface area contributed by atoms with Gasteiger partial charge in [-0.25, -0.2) is 4.79 Å². The SMILES string of the molecule is NC(=O)CCCCC(=O)[C@H](Cc1c[nH]c2ccccc12)NC(=O)OCc1ccccc1. The average molecular weight is 421 g/mol. The number of unbranched alkanes of at least 4 members (excludes halogenated alkanes) is 1. The number of nitrogens with one attached hydrogen (secondary N) is 2. The van der Waals surface area contributed by atoms with E-state index in [1.807, 2.05) is 60.8 Å². The number of aromatic amines is 1. The number of ketones is 1. The Kier molecular flexibility index (Phi) is 7.81. The fourth-order valence-corrected chi connectivity index (χ4v) is 3.45. The number of primary amides is 1. The molecule has 0 spiro atoms. The molecule has 0 fully saturated rings. The number of benzene rings is 2. The summed E-state index contributed by atoms with van der Waals surface area (Å²) in [5.41, 5.74) is 7.93. The maximum Gasteiger partial charge on any atom is 0.408 e. The lowest BCUT2D eigenvalue weighted by molar-refractivity contribution is -0.121. The molecule has 0 bridgehead atoms. The van der Waals surface area contributed by atoms with Gasteiger partial charge in [-0.2, -0.15) is 0 Å². The van der Waals surface area contributed by atoms with E-state index in [1.54, 1.807) is 0 Å². The van der Waals surface area contributed by atoms with Crippen molar-refractivity contribution < 1.29 is 19.1 Å². The molecule has 0 aliphatic heterocycles. The van der Waals surface area contributed by atoms with E-state index >= 15 is 0 Å². The van der Waals surface area contributed by atoms with Crippen LogP contribution in [0.15, 0.2) is 60.8 Å². The van der Waals surface area contributed by atoms with Crippen LogP contribution < -0.4 is 11.1 Å².